The summed E-state index contributed by atoms with van der Waals surface area (Å²) in [6.07, 6.45) is 7.58. The number of nitrogens with two attached hydrogens (primary N) is 1. The van der Waals surface area contributed by atoms with E-state index < -0.39 is 0 Å². The molecule has 13 heavy (non-hydrogen) atoms. The third kappa shape index (κ3) is 8.26. The van der Waals surface area contributed by atoms with Crippen LogP contribution in [0.25, 0.3) is 0 Å². The predicted octanol–water partition coefficient (Wildman–Crippen LogP) is 2.28. The van der Waals surface area contributed by atoms with Gasteiger partial charge in [-0.05, 0) is 38.8 Å². The lowest BCUT2D eigenvalue weighted by Crippen LogP contribution is -2.29. The highest BCUT2D eigenvalue weighted by molar-refractivity contribution is 4.65. The van der Waals surface area contributed by atoms with Crippen molar-refractivity contribution in [1.29, 1.82) is 0 Å². The third-order valence-corrected chi connectivity index (χ3v) is 2.34. The predicted molar refractivity (Wildman–Crippen MR) is 59.9 cm³/mol. The van der Waals surface area contributed by atoms with Gasteiger partial charge in [0.25, 0.3) is 0 Å². The number of nitrogens with one attached hydrogen (secondary N) is 1. The summed E-state index contributed by atoms with van der Waals surface area (Å²) in [4.78, 5) is 0. The Morgan fingerprint density at radius 2 is 1.69 bits per heavy atom. The van der Waals surface area contributed by atoms with Gasteiger partial charge in [0.2, 0.25) is 0 Å². The molecule has 0 aromatic heterocycles. The van der Waals surface area contributed by atoms with Gasteiger partial charge in [0.05, 0.1) is 0 Å². The number of rotatable bonds is 9. The highest BCUT2D eigenvalue weighted by Gasteiger charge is 2.03. The van der Waals surface area contributed by atoms with E-state index in [0.29, 0.717) is 0 Å². The molecule has 0 heterocycles. The Labute approximate surface area is 83.3 Å². The van der Waals surface area contributed by atoms with E-state index in [1.54, 1.807) is 0 Å². The molecule has 0 amide bonds. The molecule has 0 saturated carbocycles. The zero-order valence-electron chi connectivity index (χ0n) is 9.31. The maximum absolute atomic E-state index is 5.43. The van der Waals surface area contributed by atoms with Gasteiger partial charge in [-0.2, -0.15) is 0 Å². The Balaban J connectivity index is 3.33. The highest BCUT2D eigenvalue weighted by atomic mass is 14.9. The van der Waals surface area contributed by atoms with Crippen molar-refractivity contribution >= 4 is 0 Å². The van der Waals surface area contributed by atoms with Gasteiger partial charge in [0, 0.05) is 6.04 Å². The van der Waals surface area contributed by atoms with Crippen molar-refractivity contribution in [3.05, 3.63) is 0 Å². The zero-order chi connectivity index (χ0) is 9.94. The SMILES string of the molecule is CCCC(CCC)NCCCCN. The summed E-state index contributed by atoms with van der Waals surface area (Å²) in [5.74, 6) is 0. The van der Waals surface area contributed by atoms with Crippen LogP contribution >= 0.6 is 0 Å². The van der Waals surface area contributed by atoms with Crippen LogP contribution in [0.3, 0.4) is 0 Å². The summed E-state index contributed by atoms with van der Waals surface area (Å²) >= 11 is 0. The minimum absolute atomic E-state index is 0.743. The molecule has 0 atom stereocenters. The fourth-order valence-corrected chi connectivity index (χ4v) is 1.62. The number of hydrogen-bond donors (Lipinski definition) is 2. The lowest BCUT2D eigenvalue weighted by Gasteiger charge is -2.16. The van der Waals surface area contributed by atoms with E-state index in [-0.39, 0.29) is 0 Å². The minimum atomic E-state index is 0.743. The van der Waals surface area contributed by atoms with Crippen LogP contribution in [-0.2, 0) is 0 Å². The Kier molecular flexibility index (Phi) is 9.94. The van der Waals surface area contributed by atoms with Crippen molar-refractivity contribution in [2.45, 2.75) is 58.4 Å². The van der Waals surface area contributed by atoms with Gasteiger partial charge in [-0.25, -0.2) is 0 Å². The average molecular weight is 186 g/mol. The molecule has 3 N–H and O–H groups in total. The van der Waals surface area contributed by atoms with Gasteiger partial charge < -0.3 is 11.1 Å². The van der Waals surface area contributed by atoms with Crippen LogP contribution in [0.2, 0.25) is 0 Å². The first-order valence-corrected chi connectivity index (χ1v) is 5.78. The topological polar surface area (TPSA) is 38.0 Å². The van der Waals surface area contributed by atoms with E-state index in [1.165, 1.54) is 32.1 Å². The molecule has 2 nitrogen and oxygen atoms in total. The molecule has 0 rings (SSSR count). The molecule has 0 saturated heterocycles. The van der Waals surface area contributed by atoms with E-state index in [2.05, 4.69) is 19.2 Å². The van der Waals surface area contributed by atoms with Gasteiger partial charge in [-0.1, -0.05) is 26.7 Å². The van der Waals surface area contributed by atoms with E-state index in [0.717, 1.165) is 25.6 Å². The molecule has 0 aliphatic carbocycles. The molecule has 0 aromatic rings. The molecular weight excluding hydrogens is 160 g/mol. The Hall–Kier alpha value is -0.0800. The van der Waals surface area contributed by atoms with E-state index in [9.17, 15) is 0 Å². The van der Waals surface area contributed by atoms with Gasteiger partial charge in [-0.3, -0.25) is 0 Å². The Morgan fingerprint density at radius 1 is 1.08 bits per heavy atom. The standard InChI is InChI=1S/C11H26N2/c1-3-7-11(8-4-2)13-10-6-5-9-12/h11,13H,3-10,12H2,1-2H3. The second-order valence-electron chi connectivity index (χ2n) is 3.72. The molecule has 80 valence electrons. The van der Waals surface area contributed by atoms with Crippen molar-refractivity contribution in [2.75, 3.05) is 13.1 Å². The first-order valence-electron chi connectivity index (χ1n) is 5.78. The molecule has 0 aliphatic heterocycles. The second kappa shape index (κ2) is 10.0. The van der Waals surface area contributed by atoms with E-state index in [4.69, 9.17) is 5.73 Å². The summed E-state index contributed by atoms with van der Waals surface area (Å²) in [6.45, 7) is 6.48. The van der Waals surface area contributed by atoms with Crippen LogP contribution in [0.4, 0.5) is 0 Å². The monoisotopic (exact) mass is 186 g/mol. The molecule has 0 fully saturated rings. The smallest absolute Gasteiger partial charge is 0.00668 e. The highest BCUT2D eigenvalue weighted by Crippen LogP contribution is 2.04. The maximum atomic E-state index is 5.43. The molecule has 0 spiro atoms. The summed E-state index contributed by atoms with van der Waals surface area (Å²) < 4.78 is 0. The molecule has 0 aliphatic rings. The van der Waals surface area contributed by atoms with Gasteiger partial charge in [-0.15, -0.1) is 0 Å². The first-order chi connectivity index (χ1) is 6.35. The molecule has 0 aromatic carbocycles. The van der Waals surface area contributed by atoms with Crippen molar-refractivity contribution < 1.29 is 0 Å². The summed E-state index contributed by atoms with van der Waals surface area (Å²) in [5.41, 5.74) is 5.43. The van der Waals surface area contributed by atoms with Crippen LogP contribution in [0.5, 0.6) is 0 Å². The average Bonchev–Trinajstić information content (AvgIpc) is 2.13. The van der Waals surface area contributed by atoms with Crippen molar-refractivity contribution in [3.8, 4) is 0 Å². The van der Waals surface area contributed by atoms with Crippen molar-refractivity contribution in [3.63, 3.8) is 0 Å². The fraction of sp³-hybridized carbons (Fsp3) is 1.00. The molecule has 0 unspecified atom stereocenters. The number of unbranched alkanes of at least 4 members (excludes halogenated alkanes) is 1. The third-order valence-electron chi connectivity index (χ3n) is 2.34. The maximum Gasteiger partial charge on any atom is 0.00668 e. The van der Waals surface area contributed by atoms with Crippen LogP contribution in [-0.4, -0.2) is 19.1 Å². The molecule has 0 bridgehead atoms. The summed E-state index contributed by atoms with van der Waals surface area (Å²) in [5, 5.41) is 3.60. The van der Waals surface area contributed by atoms with Crippen LogP contribution < -0.4 is 11.1 Å². The van der Waals surface area contributed by atoms with Crippen molar-refractivity contribution in [2.24, 2.45) is 5.73 Å². The van der Waals surface area contributed by atoms with Crippen LogP contribution in [0, 0.1) is 0 Å². The van der Waals surface area contributed by atoms with Crippen LogP contribution in [0.15, 0.2) is 0 Å². The van der Waals surface area contributed by atoms with Gasteiger partial charge in [0.1, 0.15) is 0 Å². The number of hydrogen-bond acceptors (Lipinski definition) is 2. The second-order valence-corrected chi connectivity index (χ2v) is 3.72. The molecular formula is C11H26N2. The lowest BCUT2D eigenvalue weighted by molar-refractivity contribution is 0.438. The quantitative estimate of drug-likeness (QED) is 0.542. The van der Waals surface area contributed by atoms with Crippen molar-refractivity contribution in [1.82, 2.24) is 5.32 Å². The largest absolute Gasteiger partial charge is 0.330 e. The Morgan fingerprint density at radius 3 is 2.15 bits per heavy atom. The van der Waals surface area contributed by atoms with E-state index in [1.807, 2.05) is 0 Å². The van der Waals surface area contributed by atoms with Crippen LogP contribution in [0.1, 0.15) is 52.4 Å². The lowest BCUT2D eigenvalue weighted by atomic mass is 10.1. The molecule has 2 heteroatoms. The summed E-state index contributed by atoms with van der Waals surface area (Å²) in [7, 11) is 0. The van der Waals surface area contributed by atoms with E-state index >= 15 is 0 Å². The minimum Gasteiger partial charge on any atom is -0.330 e. The molecule has 0 radical (unpaired) electrons. The first kappa shape index (κ1) is 12.9. The Bertz CT molecular complexity index is 88.1. The summed E-state index contributed by atoms with van der Waals surface area (Å²) in [6, 6.07) is 0.743. The zero-order valence-corrected chi connectivity index (χ0v) is 9.31. The van der Waals surface area contributed by atoms with Gasteiger partial charge >= 0.3 is 0 Å². The fourth-order valence-electron chi connectivity index (χ4n) is 1.62. The van der Waals surface area contributed by atoms with Gasteiger partial charge in [0.15, 0.2) is 0 Å². The normalized spacial score (nSPS) is 11.1.